The van der Waals surface area contributed by atoms with Gasteiger partial charge in [0.25, 0.3) is 0 Å². The average molecular weight is 375 g/mol. The molecule has 0 aliphatic rings. The summed E-state index contributed by atoms with van der Waals surface area (Å²) in [6, 6.07) is 14.4. The SMILES string of the molecule is COc1ccc(OC)c(S(=O)(=O)NCCCc2cc3ccccc3o2)c1. The molecule has 0 radical (unpaired) electrons. The predicted molar refractivity (Wildman–Crippen MR) is 99.3 cm³/mol. The molecule has 0 saturated carbocycles. The van der Waals surface area contributed by atoms with E-state index >= 15 is 0 Å². The average Bonchev–Trinajstić information content (AvgIpc) is 3.07. The van der Waals surface area contributed by atoms with Gasteiger partial charge in [-0.3, -0.25) is 0 Å². The lowest BCUT2D eigenvalue weighted by Gasteiger charge is -2.12. The Bertz CT molecular complexity index is 961. The van der Waals surface area contributed by atoms with Crippen LogP contribution >= 0.6 is 0 Å². The molecule has 3 rings (SSSR count). The Labute approximate surface area is 152 Å². The maximum atomic E-state index is 12.6. The molecule has 0 fully saturated rings. The predicted octanol–water partition coefficient (Wildman–Crippen LogP) is 3.36. The summed E-state index contributed by atoms with van der Waals surface area (Å²) in [6.07, 6.45) is 1.26. The third-order valence-electron chi connectivity index (χ3n) is 4.03. The molecule has 6 nitrogen and oxygen atoms in total. The molecule has 1 N–H and O–H groups in total. The van der Waals surface area contributed by atoms with Gasteiger partial charge in [-0.15, -0.1) is 0 Å². The molecule has 0 bridgehead atoms. The van der Waals surface area contributed by atoms with Crippen LogP contribution in [-0.2, 0) is 16.4 Å². The number of sulfonamides is 1. The smallest absolute Gasteiger partial charge is 0.244 e. The van der Waals surface area contributed by atoms with Crippen molar-refractivity contribution in [1.82, 2.24) is 4.72 Å². The molecule has 0 saturated heterocycles. The Hall–Kier alpha value is -2.51. The molecule has 138 valence electrons. The van der Waals surface area contributed by atoms with E-state index in [0.29, 0.717) is 25.1 Å². The number of nitrogens with one attached hydrogen (secondary N) is 1. The fraction of sp³-hybridized carbons (Fsp3) is 0.263. The molecular formula is C19H21NO5S. The summed E-state index contributed by atoms with van der Waals surface area (Å²) >= 11 is 0. The van der Waals surface area contributed by atoms with Crippen LogP contribution in [0.15, 0.2) is 57.8 Å². The van der Waals surface area contributed by atoms with Crippen molar-refractivity contribution >= 4 is 21.0 Å². The van der Waals surface area contributed by atoms with E-state index in [1.807, 2.05) is 30.3 Å². The van der Waals surface area contributed by atoms with Crippen LogP contribution in [0.4, 0.5) is 0 Å². The Balaban J connectivity index is 1.63. The quantitative estimate of drug-likeness (QED) is 0.611. The summed E-state index contributed by atoms with van der Waals surface area (Å²) in [5.41, 5.74) is 0.837. The molecule has 2 aromatic carbocycles. The molecule has 0 amide bonds. The Kier molecular flexibility index (Phi) is 5.49. The topological polar surface area (TPSA) is 77.8 Å². The van der Waals surface area contributed by atoms with Gasteiger partial charge in [-0.2, -0.15) is 0 Å². The molecule has 3 aromatic rings. The van der Waals surface area contributed by atoms with Crippen molar-refractivity contribution in [3.8, 4) is 11.5 Å². The molecule has 7 heteroatoms. The lowest BCUT2D eigenvalue weighted by molar-refractivity contribution is 0.392. The van der Waals surface area contributed by atoms with E-state index in [2.05, 4.69) is 4.72 Å². The third-order valence-corrected chi connectivity index (χ3v) is 5.51. The summed E-state index contributed by atoms with van der Waals surface area (Å²) in [4.78, 5) is 0.0584. The van der Waals surface area contributed by atoms with Crippen LogP contribution < -0.4 is 14.2 Å². The van der Waals surface area contributed by atoms with Crippen LogP contribution in [0.5, 0.6) is 11.5 Å². The highest BCUT2D eigenvalue weighted by atomic mass is 32.2. The molecule has 0 atom stereocenters. The van der Waals surface area contributed by atoms with Crippen LogP contribution in [-0.4, -0.2) is 29.2 Å². The van der Waals surface area contributed by atoms with Crippen LogP contribution in [0.3, 0.4) is 0 Å². The first kappa shape index (κ1) is 18.3. The van der Waals surface area contributed by atoms with Crippen molar-refractivity contribution in [3.05, 3.63) is 54.3 Å². The van der Waals surface area contributed by atoms with Crippen LogP contribution in [0.2, 0.25) is 0 Å². The fourth-order valence-electron chi connectivity index (χ4n) is 2.70. The largest absolute Gasteiger partial charge is 0.497 e. The van der Waals surface area contributed by atoms with E-state index in [-0.39, 0.29) is 10.6 Å². The van der Waals surface area contributed by atoms with Crippen LogP contribution in [0.25, 0.3) is 11.0 Å². The Morgan fingerprint density at radius 2 is 1.85 bits per heavy atom. The lowest BCUT2D eigenvalue weighted by Crippen LogP contribution is -2.25. The van der Waals surface area contributed by atoms with Gasteiger partial charge in [0.05, 0.1) is 14.2 Å². The van der Waals surface area contributed by atoms with Crippen molar-refractivity contribution in [3.63, 3.8) is 0 Å². The molecule has 1 heterocycles. The van der Waals surface area contributed by atoms with Crippen molar-refractivity contribution in [1.29, 1.82) is 0 Å². The summed E-state index contributed by atoms with van der Waals surface area (Å²) in [7, 11) is -0.782. The third kappa shape index (κ3) is 4.00. The number of benzene rings is 2. The first-order chi connectivity index (χ1) is 12.5. The summed E-state index contributed by atoms with van der Waals surface area (Å²) < 4.78 is 43.7. The zero-order valence-electron chi connectivity index (χ0n) is 14.7. The Morgan fingerprint density at radius 1 is 1.04 bits per heavy atom. The molecule has 0 spiro atoms. The van der Waals surface area contributed by atoms with Gasteiger partial charge < -0.3 is 13.9 Å². The summed E-state index contributed by atoms with van der Waals surface area (Å²) in [5, 5.41) is 1.05. The first-order valence-electron chi connectivity index (χ1n) is 8.22. The monoisotopic (exact) mass is 375 g/mol. The Morgan fingerprint density at radius 3 is 2.58 bits per heavy atom. The molecule has 0 aliphatic heterocycles. The number of fused-ring (bicyclic) bond motifs is 1. The van der Waals surface area contributed by atoms with Crippen LogP contribution in [0, 0.1) is 0 Å². The number of ether oxygens (including phenoxy) is 2. The summed E-state index contributed by atoms with van der Waals surface area (Å²) in [6.45, 7) is 0.291. The number of para-hydroxylation sites is 1. The molecular weight excluding hydrogens is 354 g/mol. The number of aryl methyl sites for hydroxylation is 1. The second-order valence-electron chi connectivity index (χ2n) is 5.77. The van der Waals surface area contributed by atoms with Crippen LogP contribution in [0.1, 0.15) is 12.2 Å². The second kappa shape index (κ2) is 7.80. The minimum absolute atomic E-state index is 0.0584. The normalized spacial score (nSPS) is 11.6. The van der Waals surface area contributed by atoms with Gasteiger partial charge in [-0.25, -0.2) is 13.1 Å². The van der Waals surface area contributed by atoms with Crippen molar-refractivity contribution in [2.75, 3.05) is 20.8 Å². The van der Waals surface area contributed by atoms with Gasteiger partial charge >= 0.3 is 0 Å². The van der Waals surface area contributed by atoms with Gasteiger partial charge in [0.2, 0.25) is 10.0 Å². The zero-order valence-corrected chi connectivity index (χ0v) is 15.5. The minimum atomic E-state index is -3.70. The molecule has 0 unspecified atom stereocenters. The van der Waals surface area contributed by atoms with Crippen molar-refractivity contribution < 1.29 is 22.3 Å². The molecule has 1 aromatic heterocycles. The van der Waals surface area contributed by atoms with Gasteiger partial charge in [0.15, 0.2) is 0 Å². The highest BCUT2D eigenvalue weighted by molar-refractivity contribution is 7.89. The number of rotatable bonds is 8. The van der Waals surface area contributed by atoms with Gasteiger partial charge in [0.1, 0.15) is 27.7 Å². The summed E-state index contributed by atoms with van der Waals surface area (Å²) in [5.74, 6) is 1.56. The second-order valence-corrected chi connectivity index (χ2v) is 7.50. The standard InChI is InChI=1S/C19H21NO5S/c1-23-15-9-10-18(24-2)19(13-15)26(21,22)20-11-5-7-16-12-14-6-3-4-8-17(14)25-16/h3-4,6,8-10,12-13,20H,5,7,11H2,1-2H3. The van der Waals surface area contributed by atoms with E-state index in [1.165, 1.54) is 20.3 Å². The van der Waals surface area contributed by atoms with Gasteiger partial charge in [-0.05, 0) is 30.7 Å². The molecule has 0 aliphatic carbocycles. The highest BCUT2D eigenvalue weighted by Crippen LogP contribution is 2.28. The van der Waals surface area contributed by atoms with Gasteiger partial charge in [-0.1, -0.05) is 18.2 Å². The minimum Gasteiger partial charge on any atom is -0.497 e. The number of hydrogen-bond acceptors (Lipinski definition) is 5. The van der Waals surface area contributed by atoms with E-state index in [0.717, 1.165) is 16.7 Å². The van der Waals surface area contributed by atoms with E-state index in [1.54, 1.807) is 12.1 Å². The lowest BCUT2D eigenvalue weighted by atomic mass is 10.2. The van der Waals surface area contributed by atoms with Crippen molar-refractivity contribution in [2.24, 2.45) is 0 Å². The maximum Gasteiger partial charge on any atom is 0.244 e. The van der Waals surface area contributed by atoms with Crippen molar-refractivity contribution in [2.45, 2.75) is 17.7 Å². The fourth-order valence-corrected chi connectivity index (χ4v) is 3.96. The van der Waals surface area contributed by atoms with E-state index in [9.17, 15) is 8.42 Å². The molecule has 26 heavy (non-hydrogen) atoms. The first-order valence-corrected chi connectivity index (χ1v) is 9.71. The maximum absolute atomic E-state index is 12.6. The van der Waals surface area contributed by atoms with E-state index in [4.69, 9.17) is 13.9 Å². The zero-order chi connectivity index (χ0) is 18.6. The number of methoxy groups -OCH3 is 2. The highest BCUT2D eigenvalue weighted by Gasteiger charge is 2.20. The number of hydrogen-bond donors (Lipinski definition) is 1. The van der Waals surface area contributed by atoms with Gasteiger partial charge in [0, 0.05) is 24.4 Å². The van der Waals surface area contributed by atoms with E-state index < -0.39 is 10.0 Å². The number of furan rings is 1.